The Morgan fingerprint density at radius 2 is 1.50 bits per heavy atom. The highest BCUT2D eigenvalue weighted by Gasteiger charge is 2.71. The Morgan fingerprint density at radius 1 is 0.810 bits per heavy atom. The molecule has 0 saturated carbocycles. The minimum atomic E-state index is -1.65. The molecule has 6 nitrogen and oxygen atoms in total. The Morgan fingerprint density at radius 3 is 2.17 bits per heavy atom. The maximum atomic E-state index is 14.7. The number of halogens is 1. The van der Waals surface area contributed by atoms with Crippen LogP contribution in [-0.4, -0.2) is 43.7 Å². The van der Waals surface area contributed by atoms with Gasteiger partial charge in [-0.1, -0.05) is 48.6 Å². The standard InChI is InChI=1S/C35H26FNO5/c1-41-24-14-10-20(11-15-24)32(38)31-30(22-6-5-7-25(19-22)42-2)35(33(39)26-8-3-4-9-27(26)34(35)40)29-17-12-21-18-23(36)13-16-28(21)37(29)31/h3-19,29-31H,1-2H3/t29-,30-,31+/m1/s1. The molecule has 0 N–H and O–H groups in total. The van der Waals surface area contributed by atoms with Gasteiger partial charge in [-0.05, 0) is 60.2 Å². The van der Waals surface area contributed by atoms with Crippen LogP contribution >= 0.6 is 0 Å². The minimum Gasteiger partial charge on any atom is -0.497 e. The number of benzene rings is 4. The van der Waals surface area contributed by atoms with E-state index >= 15 is 0 Å². The molecule has 1 saturated heterocycles. The van der Waals surface area contributed by atoms with Gasteiger partial charge in [0.25, 0.3) is 0 Å². The number of rotatable bonds is 5. The first-order chi connectivity index (χ1) is 20.4. The van der Waals surface area contributed by atoms with E-state index in [1.165, 1.54) is 12.1 Å². The summed E-state index contributed by atoms with van der Waals surface area (Å²) in [6.45, 7) is 0. The van der Waals surface area contributed by atoms with Gasteiger partial charge in [0.1, 0.15) is 28.8 Å². The zero-order chi connectivity index (χ0) is 29.2. The molecule has 3 aliphatic rings. The number of hydrogen-bond acceptors (Lipinski definition) is 6. The first kappa shape index (κ1) is 25.9. The van der Waals surface area contributed by atoms with Crippen molar-refractivity contribution in [1.82, 2.24) is 0 Å². The Balaban J connectivity index is 1.54. The van der Waals surface area contributed by atoms with Crippen LogP contribution in [0.1, 0.15) is 48.1 Å². The second-order valence-corrected chi connectivity index (χ2v) is 10.8. The number of ketones is 3. The number of carbonyl (C=O) groups excluding carboxylic acids is 3. The smallest absolute Gasteiger partial charge is 0.185 e. The molecule has 0 amide bonds. The Kier molecular flexibility index (Phi) is 5.87. The predicted octanol–water partition coefficient (Wildman–Crippen LogP) is 6.16. The lowest BCUT2D eigenvalue weighted by atomic mass is 9.64. The van der Waals surface area contributed by atoms with Crippen molar-refractivity contribution in [3.05, 3.63) is 131 Å². The summed E-state index contributed by atoms with van der Waals surface area (Å²) in [7, 11) is 3.09. The number of hydrogen-bond donors (Lipinski definition) is 0. The van der Waals surface area contributed by atoms with Crippen molar-refractivity contribution in [1.29, 1.82) is 0 Å². The molecule has 0 bridgehead atoms. The molecule has 1 spiro atoms. The summed E-state index contributed by atoms with van der Waals surface area (Å²) in [4.78, 5) is 45.9. The molecule has 208 valence electrons. The highest BCUT2D eigenvalue weighted by molar-refractivity contribution is 6.32. The molecule has 42 heavy (non-hydrogen) atoms. The topological polar surface area (TPSA) is 72.9 Å². The highest BCUT2D eigenvalue weighted by Crippen LogP contribution is 2.61. The van der Waals surface area contributed by atoms with Crippen molar-refractivity contribution in [3.63, 3.8) is 0 Å². The Hall–Kier alpha value is -5.04. The Bertz CT molecular complexity index is 1780. The van der Waals surface area contributed by atoms with Crippen LogP contribution in [0.4, 0.5) is 10.1 Å². The van der Waals surface area contributed by atoms with Crippen molar-refractivity contribution in [2.45, 2.75) is 18.0 Å². The molecule has 1 aliphatic carbocycles. The van der Waals surface area contributed by atoms with E-state index in [4.69, 9.17) is 9.47 Å². The predicted molar refractivity (Wildman–Crippen MR) is 156 cm³/mol. The second kappa shape index (κ2) is 9.52. The molecule has 3 atom stereocenters. The molecule has 2 aliphatic heterocycles. The van der Waals surface area contributed by atoms with Gasteiger partial charge in [-0.3, -0.25) is 14.4 Å². The van der Waals surface area contributed by atoms with E-state index in [0.29, 0.717) is 45.0 Å². The third kappa shape index (κ3) is 3.46. The van der Waals surface area contributed by atoms with E-state index < -0.39 is 29.2 Å². The van der Waals surface area contributed by atoms with Gasteiger partial charge >= 0.3 is 0 Å². The number of methoxy groups -OCH3 is 2. The van der Waals surface area contributed by atoms with Crippen LogP contribution in [0.3, 0.4) is 0 Å². The van der Waals surface area contributed by atoms with E-state index in [1.807, 2.05) is 11.0 Å². The number of fused-ring (bicyclic) bond motifs is 5. The van der Waals surface area contributed by atoms with Crippen molar-refractivity contribution in [2.75, 3.05) is 19.1 Å². The van der Waals surface area contributed by atoms with Gasteiger partial charge in [-0.2, -0.15) is 0 Å². The number of carbonyl (C=O) groups is 3. The summed E-state index contributed by atoms with van der Waals surface area (Å²) >= 11 is 0. The lowest BCUT2D eigenvalue weighted by Gasteiger charge is -2.37. The van der Waals surface area contributed by atoms with Crippen LogP contribution in [0.2, 0.25) is 0 Å². The first-order valence-electron chi connectivity index (χ1n) is 13.7. The van der Waals surface area contributed by atoms with Gasteiger partial charge in [0, 0.05) is 33.9 Å². The largest absolute Gasteiger partial charge is 0.497 e. The van der Waals surface area contributed by atoms with Crippen molar-refractivity contribution >= 4 is 29.1 Å². The fraction of sp³-hybridized carbons (Fsp3) is 0.171. The molecule has 2 heterocycles. The van der Waals surface area contributed by atoms with Crippen LogP contribution in [0, 0.1) is 11.2 Å². The lowest BCUT2D eigenvalue weighted by molar-refractivity contribution is 0.0665. The molecule has 0 aromatic heterocycles. The van der Waals surface area contributed by atoms with Crippen molar-refractivity contribution < 1.29 is 28.2 Å². The average Bonchev–Trinajstić information content (AvgIpc) is 3.46. The van der Waals surface area contributed by atoms with Crippen LogP contribution in [-0.2, 0) is 0 Å². The van der Waals surface area contributed by atoms with E-state index in [-0.39, 0.29) is 17.3 Å². The SMILES string of the molecule is COc1ccc(C(=O)[C@@H]2[C@@H](c3cccc(OC)c3)C3(C(=O)c4ccccc4C3=O)[C@H]3C=Cc4cc(F)ccc4N23)cc1. The molecule has 7 rings (SSSR count). The second-order valence-electron chi connectivity index (χ2n) is 10.8. The summed E-state index contributed by atoms with van der Waals surface area (Å²) in [5.41, 5.74) is 1.20. The summed E-state index contributed by atoms with van der Waals surface area (Å²) in [6.07, 6.45) is 3.52. The van der Waals surface area contributed by atoms with Gasteiger partial charge in [0.2, 0.25) is 0 Å². The summed E-state index contributed by atoms with van der Waals surface area (Å²) in [5, 5.41) is 0. The normalized spacial score (nSPS) is 21.2. The number of anilines is 1. The van der Waals surface area contributed by atoms with E-state index in [0.717, 1.165) is 0 Å². The lowest BCUT2D eigenvalue weighted by Crippen LogP contribution is -2.48. The molecular formula is C35H26FNO5. The van der Waals surface area contributed by atoms with E-state index in [1.54, 1.807) is 99.2 Å². The van der Waals surface area contributed by atoms with Gasteiger partial charge in [0.15, 0.2) is 17.3 Å². The molecule has 7 heteroatoms. The van der Waals surface area contributed by atoms with Gasteiger partial charge in [0.05, 0.1) is 20.3 Å². The minimum absolute atomic E-state index is 0.269. The van der Waals surface area contributed by atoms with Gasteiger partial charge < -0.3 is 14.4 Å². The first-order valence-corrected chi connectivity index (χ1v) is 13.7. The van der Waals surface area contributed by atoms with E-state index in [9.17, 15) is 18.8 Å². The Labute approximate surface area is 242 Å². The zero-order valence-electron chi connectivity index (χ0n) is 22.9. The molecule has 0 unspecified atom stereocenters. The molecular weight excluding hydrogens is 533 g/mol. The van der Waals surface area contributed by atoms with Gasteiger partial charge in [-0.25, -0.2) is 4.39 Å². The molecule has 4 aromatic carbocycles. The quantitative estimate of drug-likeness (QED) is 0.216. The number of Topliss-reactive ketones (excluding diaryl/α,β-unsaturated/α-hetero) is 3. The van der Waals surface area contributed by atoms with Crippen LogP contribution in [0.15, 0.2) is 97.1 Å². The summed E-state index contributed by atoms with van der Waals surface area (Å²) in [5.74, 6) is -1.10. The highest BCUT2D eigenvalue weighted by atomic mass is 19.1. The monoisotopic (exact) mass is 559 g/mol. The maximum Gasteiger partial charge on any atom is 0.185 e. The third-order valence-corrected chi connectivity index (χ3v) is 8.86. The van der Waals surface area contributed by atoms with Crippen molar-refractivity contribution in [3.8, 4) is 11.5 Å². The summed E-state index contributed by atoms with van der Waals surface area (Å²) in [6, 6.07) is 23.4. The van der Waals surface area contributed by atoms with Crippen LogP contribution < -0.4 is 14.4 Å². The molecule has 4 aromatic rings. The third-order valence-electron chi connectivity index (χ3n) is 8.86. The summed E-state index contributed by atoms with van der Waals surface area (Å²) < 4.78 is 25.2. The fourth-order valence-corrected chi connectivity index (χ4v) is 7.08. The molecule has 1 fully saturated rings. The molecule has 0 radical (unpaired) electrons. The number of ether oxygens (including phenoxy) is 2. The van der Waals surface area contributed by atoms with Crippen LogP contribution in [0.25, 0.3) is 6.08 Å². The maximum absolute atomic E-state index is 14.7. The zero-order valence-corrected chi connectivity index (χ0v) is 22.9. The van der Waals surface area contributed by atoms with Gasteiger partial charge in [-0.15, -0.1) is 0 Å². The van der Waals surface area contributed by atoms with Crippen molar-refractivity contribution in [2.24, 2.45) is 5.41 Å². The van der Waals surface area contributed by atoms with E-state index in [2.05, 4.69) is 0 Å². The fourth-order valence-electron chi connectivity index (χ4n) is 7.08. The number of nitrogens with zero attached hydrogens (tertiary/aromatic N) is 1. The van der Waals surface area contributed by atoms with Crippen LogP contribution in [0.5, 0.6) is 11.5 Å². The average molecular weight is 560 g/mol.